The predicted octanol–water partition coefficient (Wildman–Crippen LogP) is 3.31. The van der Waals surface area contributed by atoms with Crippen LogP contribution in [0, 0.1) is 6.92 Å². The lowest BCUT2D eigenvalue weighted by atomic mass is 10.1. The number of methoxy groups -OCH3 is 2. The fraction of sp³-hybridized carbons (Fsp3) is 0.381. The Labute approximate surface area is 164 Å². The number of hydrogen-bond acceptors (Lipinski definition) is 5. The summed E-state index contributed by atoms with van der Waals surface area (Å²) in [7, 11) is 3.21. The molecular weight excluding hydrogens is 356 g/mol. The summed E-state index contributed by atoms with van der Waals surface area (Å²) in [6.45, 7) is 6.47. The largest absolute Gasteiger partial charge is 0.493 e. The molecule has 1 N–H and O–H groups in total. The molecule has 7 heteroatoms. The van der Waals surface area contributed by atoms with Gasteiger partial charge in [-0.3, -0.25) is 4.79 Å². The Morgan fingerprint density at radius 3 is 2.61 bits per heavy atom. The van der Waals surface area contributed by atoms with Gasteiger partial charge in [0.15, 0.2) is 17.1 Å². The quantitative estimate of drug-likeness (QED) is 0.678. The van der Waals surface area contributed by atoms with Crippen LogP contribution in [-0.4, -0.2) is 41.4 Å². The number of nitrogens with one attached hydrogen (secondary N) is 1. The molecule has 3 rings (SSSR count). The van der Waals surface area contributed by atoms with Gasteiger partial charge in [0.05, 0.1) is 31.7 Å². The number of hydrogen-bond donors (Lipinski definition) is 1. The van der Waals surface area contributed by atoms with Gasteiger partial charge in [-0.05, 0) is 51.0 Å². The molecule has 1 aromatic carbocycles. The first-order chi connectivity index (χ1) is 13.4. The number of carbonyl (C=O) groups excluding carboxylic acids is 1. The van der Waals surface area contributed by atoms with Gasteiger partial charge in [0.1, 0.15) is 0 Å². The Balaban J connectivity index is 1.69. The molecule has 0 aliphatic rings. The summed E-state index contributed by atoms with van der Waals surface area (Å²) in [5, 5.41) is 8.20. The number of nitrogens with zero attached hydrogens (tertiary/aromatic N) is 3. The van der Waals surface area contributed by atoms with Gasteiger partial charge in [0.25, 0.3) is 5.91 Å². The van der Waals surface area contributed by atoms with Crippen LogP contribution in [0.2, 0.25) is 0 Å². The maximum Gasteiger partial charge on any atom is 0.253 e. The highest BCUT2D eigenvalue weighted by molar-refractivity contribution is 5.98. The molecular formula is C21H26N4O3. The molecule has 2 heterocycles. The molecule has 0 saturated carbocycles. The van der Waals surface area contributed by atoms with Crippen molar-refractivity contribution in [2.45, 2.75) is 33.2 Å². The van der Waals surface area contributed by atoms with Gasteiger partial charge in [0.2, 0.25) is 0 Å². The van der Waals surface area contributed by atoms with Crippen LogP contribution in [0.3, 0.4) is 0 Å². The lowest BCUT2D eigenvalue weighted by Crippen LogP contribution is -2.26. The van der Waals surface area contributed by atoms with Crippen LogP contribution in [0.15, 0.2) is 30.5 Å². The molecule has 0 saturated heterocycles. The maximum absolute atomic E-state index is 12.6. The highest BCUT2D eigenvalue weighted by atomic mass is 16.5. The van der Waals surface area contributed by atoms with Crippen molar-refractivity contribution < 1.29 is 14.3 Å². The van der Waals surface area contributed by atoms with E-state index in [0.29, 0.717) is 35.7 Å². The third-order valence-corrected chi connectivity index (χ3v) is 4.64. The molecule has 0 bridgehead atoms. The van der Waals surface area contributed by atoms with Crippen molar-refractivity contribution in [3.05, 3.63) is 47.3 Å². The van der Waals surface area contributed by atoms with Crippen LogP contribution in [-0.2, 0) is 6.42 Å². The normalized spacial score (nSPS) is 11.1. The number of fused-ring (bicyclic) bond motifs is 1. The summed E-state index contributed by atoms with van der Waals surface area (Å²) in [6.07, 6.45) is 2.44. The Hall–Kier alpha value is -3.09. The molecule has 0 fully saturated rings. The van der Waals surface area contributed by atoms with E-state index in [-0.39, 0.29) is 11.9 Å². The average Bonchev–Trinajstić information content (AvgIpc) is 3.09. The van der Waals surface area contributed by atoms with Crippen molar-refractivity contribution in [1.82, 2.24) is 20.1 Å². The summed E-state index contributed by atoms with van der Waals surface area (Å²) < 4.78 is 12.4. The topological polar surface area (TPSA) is 78.3 Å². The first kappa shape index (κ1) is 19.7. The Bertz CT molecular complexity index is 995. The number of aryl methyl sites for hydroxylation is 1. The number of rotatable bonds is 7. The van der Waals surface area contributed by atoms with Crippen molar-refractivity contribution in [3.8, 4) is 11.5 Å². The molecule has 2 aromatic heterocycles. The number of carbonyl (C=O) groups is 1. The maximum atomic E-state index is 12.6. The fourth-order valence-corrected chi connectivity index (χ4v) is 3.13. The number of aromatic nitrogens is 3. The standard InChI is InChI=1S/C21H26N4O3/c1-13(2)25-20-16(12-23-25)11-17(14(3)24-20)21(26)22-9-8-15-6-7-18(27-4)19(10-15)28-5/h6-7,10-13H,8-9H2,1-5H3,(H,22,26). The highest BCUT2D eigenvalue weighted by Crippen LogP contribution is 2.27. The van der Waals surface area contributed by atoms with Crippen molar-refractivity contribution in [2.75, 3.05) is 20.8 Å². The third kappa shape index (κ3) is 3.93. The van der Waals surface area contributed by atoms with E-state index in [1.807, 2.05) is 35.9 Å². The molecule has 148 valence electrons. The lowest BCUT2D eigenvalue weighted by Gasteiger charge is -2.11. The van der Waals surface area contributed by atoms with E-state index in [9.17, 15) is 4.79 Å². The Morgan fingerprint density at radius 1 is 1.18 bits per heavy atom. The third-order valence-electron chi connectivity index (χ3n) is 4.64. The minimum absolute atomic E-state index is 0.135. The zero-order chi connectivity index (χ0) is 20.3. The van der Waals surface area contributed by atoms with E-state index >= 15 is 0 Å². The molecule has 0 atom stereocenters. The zero-order valence-corrected chi connectivity index (χ0v) is 16.9. The molecule has 0 radical (unpaired) electrons. The van der Waals surface area contributed by atoms with Crippen molar-refractivity contribution in [3.63, 3.8) is 0 Å². The number of pyridine rings is 1. The Morgan fingerprint density at radius 2 is 1.93 bits per heavy atom. The molecule has 0 aliphatic heterocycles. The van der Waals surface area contributed by atoms with Crippen LogP contribution in [0.1, 0.15) is 41.5 Å². The van der Waals surface area contributed by atoms with Crippen molar-refractivity contribution >= 4 is 16.9 Å². The molecule has 0 aliphatic carbocycles. The molecule has 0 unspecified atom stereocenters. The average molecular weight is 382 g/mol. The summed E-state index contributed by atoms with van der Waals surface area (Å²) in [6, 6.07) is 7.82. The number of benzene rings is 1. The van der Waals surface area contributed by atoms with Gasteiger partial charge in [0, 0.05) is 18.0 Å². The summed E-state index contributed by atoms with van der Waals surface area (Å²) in [4.78, 5) is 17.2. The molecule has 7 nitrogen and oxygen atoms in total. The molecule has 0 spiro atoms. The first-order valence-electron chi connectivity index (χ1n) is 9.28. The fourth-order valence-electron chi connectivity index (χ4n) is 3.13. The van der Waals surface area contributed by atoms with E-state index in [4.69, 9.17) is 9.47 Å². The van der Waals surface area contributed by atoms with Gasteiger partial charge in [-0.1, -0.05) is 6.07 Å². The van der Waals surface area contributed by atoms with Crippen molar-refractivity contribution in [2.24, 2.45) is 0 Å². The molecule has 3 aromatic rings. The van der Waals surface area contributed by atoms with E-state index in [1.54, 1.807) is 20.4 Å². The van der Waals surface area contributed by atoms with Gasteiger partial charge in [-0.2, -0.15) is 5.10 Å². The lowest BCUT2D eigenvalue weighted by molar-refractivity contribution is 0.0953. The van der Waals surface area contributed by atoms with E-state index < -0.39 is 0 Å². The summed E-state index contributed by atoms with van der Waals surface area (Å²) >= 11 is 0. The van der Waals surface area contributed by atoms with E-state index in [1.165, 1.54) is 0 Å². The van der Waals surface area contributed by atoms with Gasteiger partial charge in [-0.25, -0.2) is 9.67 Å². The molecule has 1 amide bonds. The van der Waals surface area contributed by atoms with Gasteiger partial charge in [-0.15, -0.1) is 0 Å². The van der Waals surface area contributed by atoms with Crippen LogP contribution in [0.5, 0.6) is 11.5 Å². The van der Waals surface area contributed by atoms with Crippen LogP contribution >= 0.6 is 0 Å². The minimum Gasteiger partial charge on any atom is -0.493 e. The zero-order valence-electron chi connectivity index (χ0n) is 16.9. The predicted molar refractivity (Wildman–Crippen MR) is 108 cm³/mol. The van der Waals surface area contributed by atoms with Crippen LogP contribution in [0.25, 0.3) is 11.0 Å². The van der Waals surface area contributed by atoms with Crippen LogP contribution < -0.4 is 14.8 Å². The van der Waals surface area contributed by atoms with E-state index in [2.05, 4.69) is 29.2 Å². The van der Waals surface area contributed by atoms with Gasteiger partial charge >= 0.3 is 0 Å². The minimum atomic E-state index is -0.135. The van der Waals surface area contributed by atoms with E-state index in [0.717, 1.165) is 16.6 Å². The smallest absolute Gasteiger partial charge is 0.253 e. The highest BCUT2D eigenvalue weighted by Gasteiger charge is 2.15. The summed E-state index contributed by atoms with van der Waals surface area (Å²) in [5.41, 5.74) is 3.12. The number of amides is 1. The number of ether oxygens (including phenoxy) is 2. The Kier molecular flexibility index (Phi) is 5.82. The monoisotopic (exact) mass is 382 g/mol. The second kappa shape index (κ2) is 8.29. The first-order valence-corrected chi connectivity index (χ1v) is 9.28. The summed E-state index contributed by atoms with van der Waals surface area (Å²) in [5.74, 6) is 1.23. The molecule has 28 heavy (non-hydrogen) atoms. The second-order valence-corrected chi connectivity index (χ2v) is 6.91. The second-order valence-electron chi connectivity index (χ2n) is 6.91. The van der Waals surface area contributed by atoms with Crippen molar-refractivity contribution in [1.29, 1.82) is 0 Å². The SMILES string of the molecule is COc1ccc(CCNC(=O)c2cc3cnn(C(C)C)c3nc2C)cc1OC. The van der Waals surface area contributed by atoms with Crippen LogP contribution in [0.4, 0.5) is 0 Å². The van der Waals surface area contributed by atoms with Gasteiger partial charge < -0.3 is 14.8 Å².